The van der Waals surface area contributed by atoms with E-state index in [9.17, 15) is 10.1 Å². The van der Waals surface area contributed by atoms with E-state index >= 15 is 0 Å². The Balaban J connectivity index is 2.36. The fraction of sp³-hybridized carbons (Fsp3) is 0.320. The van der Waals surface area contributed by atoms with Gasteiger partial charge in [-0.25, -0.2) is 0 Å². The predicted molar refractivity (Wildman–Crippen MR) is 116 cm³/mol. The van der Waals surface area contributed by atoms with Crippen LogP contribution < -0.4 is 0 Å². The molecular weight excluding hydrogens is 344 g/mol. The first kappa shape index (κ1) is 21.3. The lowest BCUT2D eigenvalue weighted by molar-refractivity contribution is -0.113. The molecule has 3 nitrogen and oxygen atoms in total. The van der Waals surface area contributed by atoms with Crippen molar-refractivity contribution in [2.45, 2.75) is 53.4 Å². The van der Waals surface area contributed by atoms with Crippen molar-refractivity contribution in [3.05, 3.63) is 70.9 Å². The Morgan fingerprint density at radius 3 is 2.29 bits per heavy atom. The summed E-state index contributed by atoms with van der Waals surface area (Å²) in [6, 6.07) is 17.9. The van der Waals surface area contributed by atoms with Crippen LogP contribution >= 0.6 is 0 Å². The summed E-state index contributed by atoms with van der Waals surface area (Å²) in [5.74, 6) is 0.0787. The van der Waals surface area contributed by atoms with Gasteiger partial charge in [0.1, 0.15) is 0 Å². The highest BCUT2D eigenvalue weighted by Gasteiger charge is 2.13. The van der Waals surface area contributed by atoms with Gasteiger partial charge in [0.05, 0.1) is 11.6 Å². The van der Waals surface area contributed by atoms with Crippen LogP contribution in [-0.4, -0.2) is 11.5 Å². The van der Waals surface area contributed by atoms with Crippen molar-refractivity contribution >= 4 is 11.5 Å². The van der Waals surface area contributed by atoms with E-state index in [-0.39, 0.29) is 5.78 Å². The molecule has 0 unspecified atom stereocenters. The molecule has 2 aromatic rings. The third-order valence-electron chi connectivity index (χ3n) is 4.59. The van der Waals surface area contributed by atoms with Gasteiger partial charge in [-0.15, -0.1) is 0 Å². The molecule has 0 amide bonds. The van der Waals surface area contributed by atoms with Crippen molar-refractivity contribution in [2.24, 2.45) is 4.99 Å². The first-order valence-electron chi connectivity index (χ1n) is 9.79. The van der Waals surface area contributed by atoms with Gasteiger partial charge in [0.15, 0.2) is 5.78 Å². The third-order valence-corrected chi connectivity index (χ3v) is 4.59. The summed E-state index contributed by atoms with van der Waals surface area (Å²) in [5.41, 5.74) is 6.33. The standard InChI is InChI=1S/C25H28N2O/c1-5-6-11-25(27-18(2)3)24(19(4)28)16-20-12-14-21(15-13-20)23-10-8-7-9-22(23)17-26/h7-10,12-15H,5-6,11,16H2,1-4H3/b25-24-. The highest BCUT2D eigenvalue weighted by Crippen LogP contribution is 2.25. The van der Waals surface area contributed by atoms with Crippen molar-refractivity contribution in [3.63, 3.8) is 0 Å². The Morgan fingerprint density at radius 2 is 1.71 bits per heavy atom. The minimum atomic E-state index is 0.0787. The van der Waals surface area contributed by atoms with Crippen molar-refractivity contribution in [3.8, 4) is 17.2 Å². The average Bonchev–Trinajstić information content (AvgIpc) is 2.69. The number of hydrogen-bond acceptors (Lipinski definition) is 3. The van der Waals surface area contributed by atoms with E-state index in [0.29, 0.717) is 12.0 Å². The van der Waals surface area contributed by atoms with E-state index in [2.05, 4.69) is 18.0 Å². The van der Waals surface area contributed by atoms with E-state index in [1.165, 1.54) is 0 Å². The Labute approximate surface area is 168 Å². The number of aliphatic imine (C=N–C) groups is 1. The second kappa shape index (κ2) is 10.4. The molecule has 144 valence electrons. The van der Waals surface area contributed by atoms with Crippen LogP contribution in [0.2, 0.25) is 0 Å². The number of unbranched alkanes of at least 4 members (excludes halogenated alkanes) is 1. The molecular formula is C25H28N2O. The topological polar surface area (TPSA) is 53.2 Å². The second-order valence-electron chi connectivity index (χ2n) is 7.18. The summed E-state index contributed by atoms with van der Waals surface area (Å²) in [7, 11) is 0. The number of ketones is 1. The lowest BCUT2D eigenvalue weighted by Gasteiger charge is -2.12. The number of Topliss-reactive ketones (excluding diaryl/α,β-unsaturated/α-hetero) is 1. The fourth-order valence-corrected chi connectivity index (χ4v) is 3.16. The van der Waals surface area contributed by atoms with Gasteiger partial charge >= 0.3 is 0 Å². The number of hydrogen-bond donors (Lipinski definition) is 0. The van der Waals surface area contributed by atoms with Crippen LogP contribution in [0.25, 0.3) is 11.1 Å². The van der Waals surface area contributed by atoms with Gasteiger partial charge < -0.3 is 0 Å². The van der Waals surface area contributed by atoms with E-state index in [0.717, 1.165) is 52.9 Å². The molecule has 0 aliphatic carbocycles. The predicted octanol–water partition coefficient (Wildman–Crippen LogP) is 6.28. The molecule has 0 radical (unpaired) electrons. The lowest BCUT2D eigenvalue weighted by Crippen LogP contribution is -2.06. The molecule has 0 N–H and O–H groups in total. The van der Waals surface area contributed by atoms with E-state index in [1.54, 1.807) is 6.92 Å². The minimum absolute atomic E-state index is 0.0787. The van der Waals surface area contributed by atoms with Gasteiger partial charge in [-0.3, -0.25) is 9.79 Å². The Kier molecular flexibility index (Phi) is 7.89. The zero-order chi connectivity index (χ0) is 20.5. The van der Waals surface area contributed by atoms with Gasteiger partial charge in [0, 0.05) is 23.4 Å². The molecule has 0 aliphatic rings. The van der Waals surface area contributed by atoms with Crippen molar-refractivity contribution in [1.29, 1.82) is 5.26 Å². The van der Waals surface area contributed by atoms with Crippen molar-refractivity contribution in [2.75, 3.05) is 0 Å². The van der Waals surface area contributed by atoms with Crippen LogP contribution in [0.5, 0.6) is 0 Å². The Morgan fingerprint density at radius 1 is 1.04 bits per heavy atom. The minimum Gasteiger partial charge on any atom is -0.295 e. The lowest BCUT2D eigenvalue weighted by atomic mass is 9.95. The SMILES string of the molecule is CCCC/C(N=C(C)C)=C(\Cc1ccc(-c2ccccc2C#N)cc1)C(C)=O. The molecule has 0 atom stereocenters. The third kappa shape index (κ3) is 5.76. The molecule has 0 bridgehead atoms. The smallest absolute Gasteiger partial charge is 0.157 e. The number of nitrogens with zero attached hydrogens (tertiary/aromatic N) is 2. The summed E-state index contributed by atoms with van der Waals surface area (Å²) in [5, 5.41) is 9.31. The molecule has 0 aromatic heterocycles. The van der Waals surface area contributed by atoms with Gasteiger partial charge in [0.25, 0.3) is 0 Å². The average molecular weight is 373 g/mol. The van der Waals surface area contributed by atoms with Gasteiger partial charge in [-0.05, 0) is 56.4 Å². The molecule has 0 aliphatic heterocycles. The maximum atomic E-state index is 12.3. The summed E-state index contributed by atoms with van der Waals surface area (Å²) < 4.78 is 0. The summed E-state index contributed by atoms with van der Waals surface area (Å²) in [6.07, 6.45) is 3.49. The van der Waals surface area contributed by atoms with Gasteiger partial charge in [0.2, 0.25) is 0 Å². The largest absolute Gasteiger partial charge is 0.295 e. The fourth-order valence-electron chi connectivity index (χ4n) is 3.16. The van der Waals surface area contributed by atoms with Crippen LogP contribution in [0.4, 0.5) is 0 Å². The molecule has 3 heteroatoms. The molecule has 0 fully saturated rings. The Bertz CT molecular complexity index is 924. The van der Waals surface area contributed by atoms with E-state index in [1.807, 2.05) is 62.4 Å². The Hall–Kier alpha value is -2.99. The molecule has 0 saturated heterocycles. The molecule has 2 aromatic carbocycles. The second-order valence-corrected chi connectivity index (χ2v) is 7.18. The van der Waals surface area contributed by atoms with Gasteiger partial charge in [-0.2, -0.15) is 5.26 Å². The molecule has 0 heterocycles. The number of carbonyl (C=O) groups excluding carboxylic acids is 1. The van der Waals surface area contributed by atoms with Crippen LogP contribution in [0.1, 0.15) is 58.1 Å². The van der Waals surface area contributed by atoms with Crippen LogP contribution in [0.3, 0.4) is 0 Å². The first-order valence-corrected chi connectivity index (χ1v) is 9.79. The van der Waals surface area contributed by atoms with Crippen LogP contribution in [-0.2, 0) is 11.2 Å². The number of carbonyl (C=O) groups is 1. The summed E-state index contributed by atoms with van der Waals surface area (Å²) in [6.45, 7) is 7.70. The summed E-state index contributed by atoms with van der Waals surface area (Å²) >= 11 is 0. The van der Waals surface area contributed by atoms with E-state index < -0.39 is 0 Å². The van der Waals surface area contributed by atoms with Crippen LogP contribution in [0.15, 0.2) is 64.8 Å². The molecule has 0 spiro atoms. The normalized spacial score (nSPS) is 11.4. The molecule has 28 heavy (non-hydrogen) atoms. The number of nitriles is 1. The van der Waals surface area contributed by atoms with E-state index in [4.69, 9.17) is 0 Å². The molecule has 2 rings (SSSR count). The monoisotopic (exact) mass is 372 g/mol. The number of benzene rings is 2. The first-order chi connectivity index (χ1) is 13.5. The zero-order valence-corrected chi connectivity index (χ0v) is 17.2. The van der Waals surface area contributed by atoms with Gasteiger partial charge in [-0.1, -0.05) is 55.8 Å². The highest BCUT2D eigenvalue weighted by atomic mass is 16.1. The number of rotatable bonds is 8. The maximum Gasteiger partial charge on any atom is 0.157 e. The molecule has 0 saturated carbocycles. The van der Waals surface area contributed by atoms with Crippen molar-refractivity contribution in [1.82, 2.24) is 0 Å². The maximum absolute atomic E-state index is 12.3. The summed E-state index contributed by atoms with van der Waals surface area (Å²) in [4.78, 5) is 17.0. The quantitative estimate of drug-likeness (QED) is 0.404. The number of allylic oxidation sites excluding steroid dienone is 2. The van der Waals surface area contributed by atoms with Crippen LogP contribution in [0, 0.1) is 11.3 Å². The highest BCUT2D eigenvalue weighted by molar-refractivity contribution is 5.95. The van der Waals surface area contributed by atoms with Crippen molar-refractivity contribution < 1.29 is 4.79 Å². The zero-order valence-electron chi connectivity index (χ0n) is 17.2.